The molecule has 0 aliphatic carbocycles. The molecule has 0 atom stereocenters. The molecular formula is C19H23NO5. The van der Waals surface area contributed by atoms with Crippen LogP contribution in [0.25, 0.3) is 0 Å². The highest BCUT2D eigenvalue weighted by Crippen LogP contribution is 2.34. The molecular weight excluding hydrogens is 322 g/mol. The van der Waals surface area contributed by atoms with Gasteiger partial charge in [0.2, 0.25) is 5.91 Å². The molecule has 2 rings (SSSR count). The maximum absolute atomic E-state index is 12.2. The quantitative estimate of drug-likeness (QED) is 0.797. The molecule has 0 aromatic heterocycles. The summed E-state index contributed by atoms with van der Waals surface area (Å²) < 4.78 is 21.1. The van der Waals surface area contributed by atoms with Crippen molar-refractivity contribution in [1.82, 2.24) is 5.32 Å². The van der Waals surface area contributed by atoms with E-state index in [4.69, 9.17) is 18.9 Å². The van der Waals surface area contributed by atoms with Gasteiger partial charge >= 0.3 is 0 Å². The number of rotatable bonds is 8. The van der Waals surface area contributed by atoms with Crippen molar-refractivity contribution in [3.63, 3.8) is 0 Å². The fourth-order valence-electron chi connectivity index (χ4n) is 2.45. The molecule has 0 heterocycles. The average Bonchev–Trinajstić information content (AvgIpc) is 2.65. The van der Waals surface area contributed by atoms with Gasteiger partial charge in [0.15, 0.2) is 11.5 Å². The van der Waals surface area contributed by atoms with Crippen LogP contribution in [0, 0.1) is 0 Å². The predicted octanol–water partition coefficient (Wildman–Crippen LogP) is 2.58. The third-order valence-electron chi connectivity index (χ3n) is 3.76. The normalized spacial score (nSPS) is 10.1. The predicted molar refractivity (Wildman–Crippen MR) is 94.6 cm³/mol. The largest absolute Gasteiger partial charge is 0.497 e. The van der Waals surface area contributed by atoms with E-state index < -0.39 is 0 Å². The molecule has 0 aliphatic heterocycles. The SMILES string of the molecule is COc1cccc(CC(=O)NCc2cc(OC)c(OC)cc2OC)c1. The highest BCUT2D eigenvalue weighted by molar-refractivity contribution is 5.78. The van der Waals surface area contributed by atoms with Crippen LogP contribution in [0.1, 0.15) is 11.1 Å². The maximum atomic E-state index is 12.2. The maximum Gasteiger partial charge on any atom is 0.224 e. The van der Waals surface area contributed by atoms with Gasteiger partial charge in [0.25, 0.3) is 0 Å². The van der Waals surface area contributed by atoms with Crippen LogP contribution in [-0.4, -0.2) is 34.3 Å². The van der Waals surface area contributed by atoms with Crippen LogP contribution in [0.5, 0.6) is 23.0 Å². The fraction of sp³-hybridized carbons (Fsp3) is 0.316. The van der Waals surface area contributed by atoms with Gasteiger partial charge in [0.05, 0.1) is 34.9 Å². The third kappa shape index (κ3) is 4.79. The Morgan fingerprint density at radius 1 is 0.880 bits per heavy atom. The summed E-state index contributed by atoms with van der Waals surface area (Å²) in [5.41, 5.74) is 1.69. The summed E-state index contributed by atoms with van der Waals surface area (Å²) in [6.07, 6.45) is 0.271. The molecule has 0 spiro atoms. The van der Waals surface area contributed by atoms with Crippen LogP contribution in [0.4, 0.5) is 0 Å². The summed E-state index contributed by atoms with van der Waals surface area (Å²) >= 11 is 0. The van der Waals surface area contributed by atoms with Gasteiger partial charge in [-0.3, -0.25) is 4.79 Å². The standard InChI is InChI=1S/C19H23NO5/c1-22-15-7-5-6-13(8-15)9-19(21)20-12-14-10-17(24-3)18(25-4)11-16(14)23-2/h5-8,10-11H,9,12H2,1-4H3,(H,20,21). The lowest BCUT2D eigenvalue weighted by Gasteiger charge is -2.14. The molecule has 0 saturated carbocycles. The molecule has 0 aliphatic rings. The summed E-state index contributed by atoms with van der Waals surface area (Å²) in [6, 6.07) is 11.0. The second-order valence-electron chi connectivity index (χ2n) is 5.32. The molecule has 0 saturated heterocycles. The van der Waals surface area contributed by atoms with Crippen molar-refractivity contribution < 1.29 is 23.7 Å². The van der Waals surface area contributed by atoms with Gasteiger partial charge in [0, 0.05) is 18.2 Å². The summed E-state index contributed by atoms with van der Waals surface area (Å²) in [7, 11) is 6.30. The monoisotopic (exact) mass is 345 g/mol. The van der Waals surface area contributed by atoms with Crippen molar-refractivity contribution in [2.24, 2.45) is 0 Å². The van der Waals surface area contributed by atoms with Crippen LogP contribution in [0.3, 0.4) is 0 Å². The number of ether oxygens (including phenoxy) is 4. The number of nitrogens with one attached hydrogen (secondary N) is 1. The zero-order valence-corrected chi connectivity index (χ0v) is 14.9. The van der Waals surface area contributed by atoms with Gasteiger partial charge in [0.1, 0.15) is 11.5 Å². The first kappa shape index (κ1) is 18.4. The second kappa shape index (κ2) is 8.82. The van der Waals surface area contributed by atoms with Crippen molar-refractivity contribution >= 4 is 5.91 Å². The van der Waals surface area contributed by atoms with Crippen LogP contribution in [-0.2, 0) is 17.8 Å². The fourth-order valence-corrected chi connectivity index (χ4v) is 2.45. The minimum absolute atomic E-state index is 0.0925. The number of hydrogen-bond donors (Lipinski definition) is 1. The highest BCUT2D eigenvalue weighted by Gasteiger charge is 2.13. The molecule has 0 fully saturated rings. The van der Waals surface area contributed by atoms with Crippen LogP contribution < -0.4 is 24.3 Å². The Kier molecular flexibility index (Phi) is 6.51. The van der Waals surface area contributed by atoms with Gasteiger partial charge in [-0.25, -0.2) is 0 Å². The molecule has 6 heteroatoms. The Hall–Kier alpha value is -2.89. The average molecular weight is 345 g/mol. The first-order valence-corrected chi connectivity index (χ1v) is 7.79. The smallest absolute Gasteiger partial charge is 0.224 e. The molecule has 6 nitrogen and oxygen atoms in total. The van der Waals surface area contributed by atoms with E-state index in [1.165, 1.54) is 0 Å². The van der Waals surface area contributed by atoms with E-state index in [1.807, 2.05) is 24.3 Å². The minimum Gasteiger partial charge on any atom is -0.497 e. The van der Waals surface area contributed by atoms with E-state index in [2.05, 4.69) is 5.32 Å². The van der Waals surface area contributed by atoms with Gasteiger partial charge in [-0.2, -0.15) is 0 Å². The van der Waals surface area contributed by atoms with Crippen molar-refractivity contribution in [3.8, 4) is 23.0 Å². The second-order valence-corrected chi connectivity index (χ2v) is 5.32. The molecule has 0 radical (unpaired) electrons. The highest BCUT2D eigenvalue weighted by atomic mass is 16.5. The van der Waals surface area contributed by atoms with Gasteiger partial charge < -0.3 is 24.3 Å². The lowest BCUT2D eigenvalue weighted by atomic mass is 10.1. The number of hydrogen-bond acceptors (Lipinski definition) is 5. The Labute approximate surface area is 147 Å². The van der Waals surface area contributed by atoms with Crippen LogP contribution in [0.15, 0.2) is 36.4 Å². The van der Waals surface area contributed by atoms with E-state index in [0.29, 0.717) is 23.8 Å². The number of carbonyl (C=O) groups excluding carboxylic acids is 1. The lowest BCUT2D eigenvalue weighted by molar-refractivity contribution is -0.120. The Morgan fingerprint density at radius 3 is 2.20 bits per heavy atom. The number of amides is 1. The zero-order chi connectivity index (χ0) is 18.2. The summed E-state index contributed by atoms with van der Waals surface area (Å²) in [5.74, 6) is 2.42. The number of carbonyl (C=O) groups is 1. The molecule has 2 aromatic carbocycles. The molecule has 1 N–H and O–H groups in total. The molecule has 0 unspecified atom stereocenters. The van der Waals surface area contributed by atoms with Crippen molar-refractivity contribution in [1.29, 1.82) is 0 Å². The van der Waals surface area contributed by atoms with E-state index >= 15 is 0 Å². The molecule has 1 amide bonds. The van der Waals surface area contributed by atoms with Gasteiger partial charge in [-0.1, -0.05) is 12.1 Å². The molecule has 0 bridgehead atoms. The van der Waals surface area contributed by atoms with Crippen molar-refractivity contribution in [2.75, 3.05) is 28.4 Å². The van der Waals surface area contributed by atoms with Crippen LogP contribution in [0.2, 0.25) is 0 Å². The van der Waals surface area contributed by atoms with Crippen molar-refractivity contribution in [2.45, 2.75) is 13.0 Å². The lowest BCUT2D eigenvalue weighted by Crippen LogP contribution is -2.24. The Morgan fingerprint density at radius 2 is 1.56 bits per heavy atom. The minimum atomic E-state index is -0.0925. The van der Waals surface area contributed by atoms with E-state index in [9.17, 15) is 4.79 Å². The van der Waals surface area contributed by atoms with Gasteiger partial charge in [-0.15, -0.1) is 0 Å². The van der Waals surface area contributed by atoms with E-state index in [1.54, 1.807) is 40.6 Å². The number of benzene rings is 2. The number of methoxy groups -OCH3 is 4. The van der Waals surface area contributed by atoms with Crippen molar-refractivity contribution in [3.05, 3.63) is 47.5 Å². The summed E-state index contributed by atoms with van der Waals surface area (Å²) in [4.78, 5) is 12.2. The topological polar surface area (TPSA) is 66.0 Å². The molecule has 2 aromatic rings. The Balaban J connectivity index is 2.05. The van der Waals surface area contributed by atoms with E-state index in [-0.39, 0.29) is 12.3 Å². The first-order chi connectivity index (χ1) is 12.1. The zero-order valence-electron chi connectivity index (χ0n) is 14.9. The van der Waals surface area contributed by atoms with E-state index in [0.717, 1.165) is 16.9 Å². The summed E-state index contributed by atoms with van der Waals surface area (Å²) in [5, 5.41) is 2.89. The first-order valence-electron chi connectivity index (χ1n) is 7.79. The van der Waals surface area contributed by atoms with Crippen LogP contribution >= 0.6 is 0 Å². The molecule has 134 valence electrons. The Bertz CT molecular complexity index is 730. The summed E-state index contributed by atoms with van der Waals surface area (Å²) in [6.45, 7) is 0.326. The third-order valence-corrected chi connectivity index (χ3v) is 3.76. The molecule has 25 heavy (non-hydrogen) atoms. The van der Waals surface area contributed by atoms with Gasteiger partial charge in [-0.05, 0) is 23.8 Å².